The summed E-state index contributed by atoms with van der Waals surface area (Å²) >= 11 is 1.28. The first-order chi connectivity index (χ1) is 10.4. The lowest BCUT2D eigenvalue weighted by atomic mass is 9.90. The number of carbonyl (C=O) groups excluding carboxylic acids is 1. The fourth-order valence-corrected chi connectivity index (χ4v) is 3.07. The topological polar surface area (TPSA) is 93.8 Å². The third-order valence-corrected chi connectivity index (χ3v) is 4.20. The molecule has 0 saturated heterocycles. The van der Waals surface area contributed by atoms with Gasteiger partial charge in [-0.2, -0.15) is 0 Å². The lowest BCUT2D eigenvalue weighted by molar-refractivity contribution is 0.0902. The van der Waals surface area contributed by atoms with E-state index in [1.165, 1.54) is 11.3 Å². The molecule has 0 fully saturated rings. The highest BCUT2D eigenvalue weighted by molar-refractivity contribution is 7.16. The van der Waals surface area contributed by atoms with Gasteiger partial charge < -0.3 is 11.1 Å². The maximum absolute atomic E-state index is 12.4. The van der Waals surface area contributed by atoms with E-state index >= 15 is 0 Å². The zero-order chi connectivity index (χ0) is 16.2. The van der Waals surface area contributed by atoms with Gasteiger partial charge in [0.25, 0.3) is 5.91 Å². The number of nitrogens with zero attached hydrogens (tertiary/aromatic N) is 3. The SMILES string of the molecule is CC(C)CC(C)(CN)NC(=O)c1cnc(-c2ncccn2)s1.Cl.Cl. The minimum atomic E-state index is -0.418. The molecule has 2 aromatic heterocycles. The van der Waals surface area contributed by atoms with Crippen molar-refractivity contribution in [1.82, 2.24) is 20.3 Å². The normalized spacial score (nSPS) is 12.7. The van der Waals surface area contributed by atoms with Gasteiger partial charge >= 0.3 is 0 Å². The summed E-state index contributed by atoms with van der Waals surface area (Å²) in [4.78, 5) is 25.4. The molecular weight excluding hydrogens is 369 g/mol. The second-order valence-electron chi connectivity index (χ2n) is 5.92. The van der Waals surface area contributed by atoms with Gasteiger partial charge in [0.15, 0.2) is 10.8 Å². The molecule has 24 heavy (non-hydrogen) atoms. The molecule has 1 amide bonds. The number of amides is 1. The van der Waals surface area contributed by atoms with E-state index in [0.717, 1.165) is 6.42 Å². The number of thiazole rings is 1. The van der Waals surface area contributed by atoms with Gasteiger partial charge in [0.1, 0.15) is 4.88 Å². The van der Waals surface area contributed by atoms with Crippen molar-refractivity contribution < 1.29 is 4.79 Å². The number of nitrogens with one attached hydrogen (secondary N) is 1. The molecule has 2 heterocycles. The van der Waals surface area contributed by atoms with Gasteiger partial charge in [-0.05, 0) is 25.3 Å². The van der Waals surface area contributed by atoms with Crippen LogP contribution in [0.4, 0.5) is 0 Å². The highest BCUT2D eigenvalue weighted by Gasteiger charge is 2.27. The number of hydrogen-bond donors (Lipinski definition) is 2. The Balaban J connectivity index is 0.00000264. The first kappa shape index (κ1) is 22.7. The van der Waals surface area contributed by atoms with Crippen molar-refractivity contribution >= 4 is 42.1 Å². The molecule has 0 saturated carbocycles. The molecule has 1 atom stereocenters. The van der Waals surface area contributed by atoms with Crippen LogP contribution in [-0.2, 0) is 0 Å². The van der Waals surface area contributed by atoms with Crippen LogP contribution in [0.1, 0.15) is 36.9 Å². The van der Waals surface area contributed by atoms with Gasteiger partial charge in [-0.25, -0.2) is 15.0 Å². The number of aromatic nitrogens is 3. The number of rotatable bonds is 6. The summed E-state index contributed by atoms with van der Waals surface area (Å²) < 4.78 is 0. The van der Waals surface area contributed by atoms with Crippen LogP contribution in [0.3, 0.4) is 0 Å². The molecule has 134 valence electrons. The standard InChI is InChI=1S/C15H21N5OS.2ClH/c1-10(2)7-15(3,9-16)20-13(21)11-8-19-14(22-11)12-17-5-4-6-18-12;;/h4-6,8,10H,7,9,16H2,1-3H3,(H,20,21);2*1H. The first-order valence-corrected chi connectivity index (χ1v) is 8.01. The lowest BCUT2D eigenvalue weighted by Gasteiger charge is -2.30. The Bertz CT molecular complexity index is 638. The van der Waals surface area contributed by atoms with E-state index in [0.29, 0.717) is 28.2 Å². The molecule has 3 N–H and O–H groups in total. The van der Waals surface area contributed by atoms with Crippen LogP contribution < -0.4 is 11.1 Å². The molecule has 2 rings (SSSR count). The van der Waals surface area contributed by atoms with E-state index in [9.17, 15) is 4.79 Å². The van der Waals surface area contributed by atoms with Crippen molar-refractivity contribution in [3.8, 4) is 10.8 Å². The predicted octanol–water partition coefficient (Wildman–Crippen LogP) is 2.94. The van der Waals surface area contributed by atoms with Crippen LogP contribution in [0.25, 0.3) is 10.8 Å². The van der Waals surface area contributed by atoms with Crippen LogP contribution in [0.5, 0.6) is 0 Å². The van der Waals surface area contributed by atoms with Crippen molar-refractivity contribution in [3.63, 3.8) is 0 Å². The van der Waals surface area contributed by atoms with Gasteiger partial charge in [0.05, 0.1) is 11.7 Å². The van der Waals surface area contributed by atoms with Gasteiger partial charge in [-0.15, -0.1) is 36.2 Å². The third kappa shape index (κ3) is 5.98. The Kier molecular flexibility index (Phi) is 9.35. The summed E-state index contributed by atoms with van der Waals surface area (Å²) in [6.45, 7) is 6.58. The van der Waals surface area contributed by atoms with E-state index in [2.05, 4.69) is 34.1 Å². The summed E-state index contributed by atoms with van der Waals surface area (Å²) in [6.07, 6.45) is 5.68. The molecule has 0 radical (unpaired) electrons. The third-order valence-electron chi connectivity index (χ3n) is 3.21. The molecule has 6 nitrogen and oxygen atoms in total. The Labute approximate surface area is 158 Å². The summed E-state index contributed by atoms with van der Waals surface area (Å²) in [5.74, 6) is 0.812. The highest BCUT2D eigenvalue weighted by Crippen LogP contribution is 2.23. The quantitative estimate of drug-likeness (QED) is 0.788. The predicted molar refractivity (Wildman–Crippen MR) is 102 cm³/mol. The van der Waals surface area contributed by atoms with E-state index < -0.39 is 5.54 Å². The van der Waals surface area contributed by atoms with Crippen LogP contribution in [0, 0.1) is 5.92 Å². The Morgan fingerprint density at radius 3 is 2.46 bits per heavy atom. The molecule has 0 aliphatic heterocycles. The van der Waals surface area contributed by atoms with Crippen LogP contribution in [0.15, 0.2) is 24.7 Å². The second-order valence-corrected chi connectivity index (χ2v) is 6.95. The lowest BCUT2D eigenvalue weighted by Crippen LogP contribution is -2.52. The summed E-state index contributed by atoms with van der Waals surface area (Å²) in [6, 6.07) is 1.74. The molecule has 0 bridgehead atoms. The number of carbonyl (C=O) groups is 1. The number of nitrogens with two attached hydrogens (primary N) is 1. The van der Waals surface area contributed by atoms with Crippen molar-refractivity contribution in [1.29, 1.82) is 0 Å². The van der Waals surface area contributed by atoms with Crippen molar-refractivity contribution in [2.24, 2.45) is 11.7 Å². The summed E-state index contributed by atoms with van der Waals surface area (Å²) in [5, 5.41) is 3.65. The second kappa shape index (κ2) is 9.88. The Hall–Kier alpha value is -1.28. The van der Waals surface area contributed by atoms with Crippen LogP contribution in [-0.4, -0.2) is 32.9 Å². The Morgan fingerprint density at radius 2 is 1.92 bits per heavy atom. The minimum Gasteiger partial charge on any atom is -0.345 e. The van der Waals surface area contributed by atoms with Crippen molar-refractivity contribution in [2.75, 3.05) is 6.54 Å². The molecule has 0 aliphatic rings. The molecular formula is C15H23Cl2N5OS. The number of hydrogen-bond acceptors (Lipinski definition) is 6. The largest absolute Gasteiger partial charge is 0.345 e. The van der Waals surface area contributed by atoms with E-state index in [1.54, 1.807) is 24.7 Å². The van der Waals surface area contributed by atoms with E-state index in [-0.39, 0.29) is 30.7 Å². The maximum atomic E-state index is 12.4. The molecule has 1 unspecified atom stereocenters. The zero-order valence-electron chi connectivity index (χ0n) is 13.9. The first-order valence-electron chi connectivity index (χ1n) is 7.19. The number of halogens is 2. The molecule has 0 aromatic carbocycles. The van der Waals surface area contributed by atoms with Gasteiger partial charge in [0.2, 0.25) is 0 Å². The van der Waals surface area contributed by atoms with Crippen molar-refractivity contribution in [3.05, 3.63) is 29.5 Å². The molecule has 2 aromatic rings. The Morgan fingerprint density at radius 1 is 1.29 bits per heavy atom. The van der Waals surface area contributed by atoms with Gasteiger partial charge in [-0.3, -0.25) is 4.79 Å². The molecule has 0 aliphatic carbocycles. The summed E-state index contributed by atoms with van der Waals surface area (Å²) in [7, 11) is 0. The highest BCUT2D eigenvalue weighted by atomic mass is 35.5. The van der Waals surface area contributed by atoms with Crippen LogP contribution in [0.2, 0.25) is 0 Å². The van der Waals surface area contributed by atoms with Crippen LogP contribution >= 0.6 is 36.2 Å². The average Bonchev–Trinajstić information content (AvgIpc) is 2.97. The fourth-order valence-electron chi connectivity index (χ4n) is 2.31. The fraction of sp³-hybridized carbons (Fsp3) is 0.467. The van der Waals surface area contributed by atoms with Gasteiger partial charge in [0, 0.05) is 18.9 Å². The van der Waals surface area contributed by atoms with Crippen molar-refractivity contribution in [2.45, 2.75) is 32.7 Å². The average molecular weight is 392 g/mol. The van der Waals surface area contributed by atoms with E-state index in [4.69, 9.17) is 5.73 Å². The zero-order valence-corrected chi connectivity index (χ0v) is 16.3. The minimum absolute atomic E-state index is 0. The molecule has 0 spiro atoms. The van der Waals surface area contributed by atoms with E-state index in [1.807, 2.05) is 6.92 Å². The smallest absolute Gasteiger partial charge is 0.263 e. The monoisotopic (exact) mass is 391 g/mol. The van der Waals surface area contributed by atoms with Gasteiger partial charge in [-0.1, -0.05) is 13.8 Å². The maximum Gasteiger partial charge on any atom is 0.263 e. The summed E-state index contributed by atoms with van der Waals surface area (Å²) in [5.41, 5.74) is 5.41. The molecule has 9 heteroatoms.